The molecule has 122 valence electrons. The van der Waals surface area contributed by atoms with E-state index in [-0.39, 0.29) is 18.6 Å². The Kier molecular flexibility index (Phi) is 4.98. The number of benzene rings is 1. The van der Waals surface area contributed by atoms with Crippen LogP contribution in [0.4, 0.5) is 0 Å². The van der Waals surface area contributed by atoms with Crippen LogP contribution in [0.1, 0.15) is 37.0 Å². The van der Waals surface area contributed by atoms with Gasteiger partial charge in [-0.2, -0.15) is 0 Å². The molecule has 2 rings (SSSR count). The molecule has 0 amide bonds. The van der Waals surface area contributed by atoms with E-state index in [1.807, 2.05) is 32.0 Å². The molecular weight excluding hydrogens is 296 g/mol. The zero-order chi connectivity index (χ0) is 17.1. The smallest absolute Gasteiger partial charge is 0.339 e. The minimum atomic E-state index is -0.764. The van der Waals surface area contributed by atoms with Crippen molar-refractivity contribution in [2.24, 2.45) is 0 Å². The Morgan fingerprint density at radius 3 is 2.61 bits per heavy atom. The van der Waals surface area contributed by atoms with E-state index in [1.165, 1.54) is 13.8 Å². The summed E-state index contributed by atoms with van der Waals surface area (Å²) in [6, 6.07) is 5.67. The molecule has 0 saturated carbocycles. The van der Waals surface area contributed by atoms with Gasteiger partial charge < -0.3 is 9.15 Å². The topological polar surface area (TPSA) is 73.6 Å². The number of rotatable bonds is 5. The monoisotopic (exact) mass is 316 g/mol. The molecule has 1 heterocycles. The summed E-state index contributed by atoms with van der Waals surface area (Å²) in [5, 5.41) is 0.857. The summed E-state index contributed by atoms with van der Waals surface area (Å²) in [5.41, 5.74) is 2.39. The van der Waals surface area contributed by atoms with Gasteiger partial charge in [0.25, 0.3) is 0 Å². The van der Waals surface area contributed by atoms with Crippen LogP contribution < -0.4 is 5.63 Å². The molecular formula is C18H20O5. The Balaban J connectivity index is 2.21. The van der Waals surface area contributed by atoms with E-state index in [9.17, 15) is 14.4 Å². The van der Waals surface area contributed by atoms with Crippen molar-refractivity contribution in [2.45, 2.75) is 46.6 Å². The first-order chi connectivity index (χ1) is 10.8. The first kappa shape index (κ1) is 16.9. The van der Waals surface area contributed by atoms with Gasteiger partial charge in [-0.25, -0.2) is 4.79 Å². The molecule has 0 fully saturated rings. The predicted molar refractivity (Wildman–Crippen MR) is 86.5 cm³/mol. The Labute approximate surface area is 134 Å². The summed E-state index contributed by atoms with van der Waals surface area (Å²) in [7, 11) is 0. The summed E-state index contributed by atoms with van der Waals surface area (Å²) in [5.74, 6) is -0.717. The standard InChI is InChI=1S/C18H20O5/c1-10-5-6-14-11(2)15(18(21)23-16(14)9-10)7-8-17(20)22-13(4)12(3)19/h5-6,9,13H,7-8H2,1-4H3. The van der Waals surface area contributed by atoms with Crippen molar-refractivity contribution in [3.63, 3.8) is 0 Å². The van der Waals surface area contributed by atoms with Crippen LogP contribution in [0.25, 0.3) is 11.0 Å². The molecule has 5 nitrogen and oxygen atoms in total. The van der Waals surface area contributed by atoms with E-state index in [1.54, 1.807) is 0 Å². The third kappa shape index (κ3) is 3.86. The van der Waals surface area contributed by atoms with E-state index in [2.05, 4.69) is 0 Å². The first-order valence-corrected chi connectivity index (χ1v) is 7.52. The van der Waals surface area contributed by atoms with Gasteiger partial charge in [0.05, 0.1) is 0 Å². The number of ether oxygens (including phenoxy) is 1. The number of carbonyl (C=O) groups is 2. The lowest BCUT2D eigenvalue weighted by Crippen LogP contribution is -2.22. The number of hydrogen-bond acceptors (Lipinski definition) is 5. The summed E-state index contributed by atoms with van der Waals surface area (Å²) in [6.07, 6.45) is -0.512. The van der Waals surface area contributed by atoms with Crippen LogP contribution in [-0.2, 0) is 20.7 Å². The van der Waals surface area contributed by atoms with Crippen molar-refractivity contribution in [1.82, 2.24) is 0 Å². The van der Waals surface area contributed by atoms with Gasteiger partial charge in [0.15, 0.2) is 11.9 Å². The number of fused-ring (bicyclic) bond motifs is 1. The summed E-state index contributed by atoms with van der Waals surface area (Å²) < 4.78 is 10.3. The highest BCUT2D eigenvalue weighted by atomic mass is 16.5. The fourth-order valence-corrected chi connectivity index (χ4v) is 2.36. The molecule has 0 aliphatic heterocycles. The van der Waals surface area contributed by atoms with Crippen LogP contribution >= 0.6 is 0 Å². The minimum Gasteiger partial charge on any atom is -0.455 e. The largest absolute Gasteiger partial charge is 0.455 e. The molecule has 1 atom stereocenters. The zero-order valence-corrected chi connectivity index (χ0v) is 13.8. The van der Waals surface area contributed by atoms with Crippen molar-refractivity contribution in [3.05, 3.63) is 45.3 Å². The van der Waals surface area contributed by atoms with Crippen molar-refractivity contribution in [3.8, 4) is 0 Å². The summed E-state index contributed by atoms with van der Waals surface area (Å²) >= 11 is 0. The minimum absolute atomic E-state index is 0.0284. The molecule has 0 N–H and O–H groups in total. The highest BCUT2D eigenvalue weighted by Gasteiger charge is 2.16. The van der Waals surface area contributed by atoms with E-state index in [4.69, 9.17) is 9.15 Å². The van der Waals surface area contributed by atoms with Crippen LogP contribution in [0.2, 0.25) is 0 Å². The second-order valence-electron chi connectivity index (χ2n) is 5.74. The fourth-order valence-electron chi connectivity index (χ4n) is 2.36. The Bertz CT molecular complexity index is 816. The molecule has 2 aromatic rings. The highest BCUT2D eigenvalue weighted by Crippen LogP contribution is 2.21. The number of aryl methyl sites for hydroxylation is 2. The number of esters is 1. The van der Waals surface area contributed by atoms with Crippen LogP contribution in [0, 0.1) is 13.8 Å². The lowest BCUT2D eigenvalue weighted by Gasteiger charge is -2.11. The third-order valence-corrected chi connectivity index (χ3v) is 3.90. The Hall–Kier alpha value is -2.43. The normalized spacial score (nSPS) is 12.2. The van der Waals surface area contributed by atoms with Gasteiger partial charge in [0.2, 0.25) is 0 Å². The SMILES string of the molecule is CC(=O)C(C)OC(=O)CCc1c(C)c2ccc(C)cc2oc1=O. The van der Waals surface area contributed by atoms with Gasteiger partial charge in [0, 0.05) is 17.4 Å². The third-order valence-electron chi connectivity index (χ3n) is 3.90. The van der Waals surface area contributed by atoms with Gasteiger partial charge in [0.1, 0.15) is 5.58 Å². The van der Waals surface area contributed by atoms with Gasteiger partial charge in [-0.3, -0.25) is 9.59 Å². The predicted octanol–water partition coefficient (Wildman–Crippen LogP) is 2.86. The van der Waals surface area contributed by atoms with Gasteiger partial charge in [-0.1, -0.05) is 12.1 Å². The summed E-state index contributed by atoms with van der Waals surface area (Å²) in [6.45, 7) is 6.66. The van der Waals surface area contributed by atoms with Crippen LogP contribution in [0.3, 0.4) is 0 Å². The van der Waals surface area contributed by atoms with Gasteiger partial charge >= 0.3 is 11.6 Å². The van der Waals surface area contributed by atoms with Crippen LogP contribution in [-0.4, -0.2) is 17.9 Å². The van der Waals surface area contributed by atoms with E-state index in [0.717, 1.165) is 16.5 Å². The highest BCUT2D eigenvalue weighted by molar-refractivity contribution is 5.83. The summed E-state index contributed by atoms with van der Waals surface area (Å²) in [4.78, 5) is 35.0. The van der Waals surface area contributed by atoms with Gasteiger partial charge in [-0.15, -0.1) is 0 Å². The number of carbonyl (C=O) groups excluding carboxylic acids is 2. The maximum Gasteiger partial charge on any atom is 0.339 e. The molecule has 1 aromatic carbocycles. The van der Waals surface area contributed by atoms with Crippen LogP contribution in [0.5, 0.6) is 0 Å². The molecule has 0 aliphatic carbocycles. The van der Waals surface area contributed by atoms with Gasteiger partial charge in [-0.05, 0) is 51.3 Å². The molecule has 5 heteroatoms. The molecule has 0 aliphatic rings. The number of Topliss-reactive ketones (excluding diaryl/α,β-unsaturated/α-hetero) is 1. The van der Waals surface area contributed by atoms with Crippen molar-refractivity contribution in [2.75, 3.05) is 0 Å². The lowest BCUT2D eigenvalue weighted by molar-refractivity contribution is -0.153. The maximum atomic E-state index is 12.1. The molecule has 0 bridgehead atoms. The van der Waals surface area contributed by atoms with E-state index in [0.29, 0.717) is 11.1 Å². The fraction of sp³-hybridized carbons (Fsp3) is 0.389. The lowest BCUT2D eigenvalue weighted by atomic mass is 10.0. The Morgan fingerprint density at radius 2 is 1.96 bits per heavy atom. The zero-order valence-electron chi connectivity index (χ0n) is 13.8. The average molecular weight is 316 g/mol. The molecule has 0 spiro atoms. The van der Waals surface area contributed by atoms with Crippen LogP contribution in [0.15, 0.2) is 27.4 Å². The molecule has 0 saturated heterocycles. The quantitative estimate of drug-likeness (QED) is 0.626. The Morgan fingerprint density at radius 1 is 1.26 bits per heavy atom. The first-order valence-electron chi connectivity index (χ1n) is 7.52. The van der Waals surface area contributed by atoms with E-state index < -0.39 is 17.7 Å². The number of ketones is 1. The molecule has 0 radical (unpaired) electrons. The molecule has 23 heavy (non-hydrogen) atoms. The molecule has 1 aromatic heterocycles. The van der Waals surface area contributed by atoms with Crippen molar-refractivity contribution in [1.29, 1.82) is 0 Å². The number of hydrogen-bond donors (Lipinski definition) is 0. The average Bonchev–Trinajstić information content (AvgIpc) is 2.46. The van der Waals surface area contributed by atoms with E-state index >= 15 is 0 Å². The second-order valence-corrected chi connectivity index (χ2v) is 5.74. The maximum absolute atomic E-state index is 12.1. The second kappa shape index (κ2) is 6.77. The molecule has 1 unspecified atom stereocenters. The van der Waals surface area contributed by atoms with Crippen molar-refractivity contribution >= 4 is 22.7 Å². The van der Waals surface area contributed by atoms with Crippen molar-refractivity contribution < 1.29 is 18.7 Å².